The molecule has 0 aromatic heterocycles. The third-order valence-corrected chi connectivity index (χ3v) is 6.23. The van der Waals surface area contributed by atoms with Crippen molar-refractivity contribution in [3.63, 3.8) is 0 Å². The number of thioether (sulfide) groups is 1. The van der Waals surface area contributed by atoms with Gasteiger partial charge in [-0.2, -0.15) is 0 Å². The van der Waals surface area contributed by atoms with Crippen molar-refractivity contribution in [2.24, 2.45) is 5.92 Å². The third kappa shape index (κ3) is 6.47. The van der Waals surface area contributed by atoms with Crippen molar-refractivity contribution in [1.82, 2.24) is 10.2 Å². The van der Waals surface area contributed by atoms with Crippen LogP contribution >= 0.6 is 24.0 Å². The number of thiocarbonyl (C=S) groups is 1. The Labute approximate surface area is 180 Å². The van der Waals surface area contributed by atoms with E-state index < -0.39 is 17.7 Å². The fourth-order valence-corrected chi connectivity index (χ4v) is 4.60. The molecule has 1 heterocycles. The molecule has 1 aromatic rings. The van der Waals surface area contributed by atoms with Crippen molar-refractivity contribution < 1.29 is 18.4 Å². The van der Waals surface area contributed by atoms with Crippen LogP contribution in [0.2, 0.25) is 0 Å². The van der Waals surface area contributed by atoms with Crippen LogP contribution in [-0.2, 0) is 16.1 Å². The maximum Gasteiger partial charge on any atom is 0.222 e. The Morgan fingerprint density at radius 2 is 1.97 bits per heavy atom. The average Bonchev–Trinajstić information content (AvgIpc) is 2.95. The van der Waals surface area contributed by atoms with Crippen molar-refractivity contribution in [3.8, 4) is 0 Å². The molecule has 1 N–H and O–H groups in total. The van der Waals surface area contributed by atoms with Gasteiger partial charge in [-0.25, -0.2) is 8.78 Å². The zero-order valence-electron chi connectivity index (χ0n) is 17.2. The third-order valence-electron chi connectivity index (χ3n) is 4.83. The van der Waals surface area contributed by atoms with E-state index in [4.69, 9.17) is 12.2 Å². The summed E-state index contributed by atoms with van der Waals surface area (Å²) >= 11 is 6.60. The van der Waals surface area contributed by atoms with Gasteiger partial charge >= 0.3 is 0 Å². The highest BCUT2D eigenvalue weighted by Gasteiger charge is 2.32. The molecule has 1 aromatic carbocycles. The number of rotatable bonds is 8. The van der Waals surface area contributed by atoms with E-state index >= 15 is 0 Å². The monoisotopic (exact) mass is 442 g/mol. The molecule has 1 fully saturated rings. The molecular formula is C21H28F2N2O2S2. The molecule has 0 saturated carbocycles. The maximum absolute atomic E-state index is 14.1. The van der Waals surface area contributed by atoms with Crippen LogP contribution in [0, 0.1) is 17.6 Å². The SMILES string of the molecule is CC(C)SC(=O)[C@@H](NC(=O)C[C@@H]1CCC(=S)N1Cc1cccc(F)c1F)C(C)C. The normalized spacial score (nSPS) is 17.9. The van der Waals surface area contributed by atoms with E-state index in [-0.39, 0.29) is 46.8 Å². The Kier molecular flexibility index (Phi) is 8.58. The van der Waals surface area contributed by atoms with Gasteiger partial charge in [-0.05, 0) is 24.8 Å². The number of likely N-dealkylation sites (tertiary alicyclic amines) is 1. The number of hydrogen-bond acceptors (Lipinski definition) is 4. The van der Waals surface area contributed by atoms with Crippen LogP contribution in [0.4, 0.5) is 8.78 Å². The van der Waals surface area contributed by atoms with Gasteiger partial charge in [-0.1, -0.05) is 63.8 Å². The molecule has 0 aliphatic carbocycles. The molecule has 4 nitrogen and oxygen atoms in total. The topological polar surface area (TPSA) is 49.4 Å². The first-order valence-corrected chi connectivity index (χ1v) is 11.1. The molecule has 8 heteroatoms. The summed E-state index contributed by atoms with van der Waals surface area (Å²) < 4.78 is 27.6. The molecule has 2 rings (SSSR count). The van der Waals surface area contributed by atoms with Gasteiger partial charge in [-0.3, -0.25) is 9.59 Å². The van der Waals surface area contributed by atoms with Crippen LogP contribution in [0.1, 0.15) is 52.5 Å². The zero-order valence-corrected chi connectivity index (χ0v) is 18.8. The lowest BCUT2D eigenvalue weighted by atomic mass is 10.0. The lowest BCUT2D eigenvalue weighted by Gasteiger charge is -2.28. The van der Waals surface area contributed by atoms with E-state index in [1.54, 1.807) is 4.90 Å². The van der Waals surface area contributed by atoms with Gasteiger partial charge in [0, 0.05) is 29.8 Å². The van der Waals surface area contributed by atoms with Crippen molar-refractivity contribution in [2.45, 2.75) is 70.8 Å². The van der Waals surface area contributed by atoms with Crippen molar-refractivity contribution in [1.29, 1.82) is 0 Å². The van der Waals surface area contributed by atoms with Gasteiger partial charge in [0.15, 0.2) is 11.6 Å². The van der Waals surface area contributed by atoms with Gasteiger partial charge in [0.1, 0.15) is 6.04 Å². The number of hydrogen-bond donors (Lipinski definition) is 1. The van der Waals surface area contributed by atoms with Crippen LogP contribution in [0.15, 0.2) is 18.2 Å². The lowest BCUT2D eigenvalue weighted by molar-refractivity contribution is -0.126. The average molecular weight is 443 g/mol. The minimum absolute atomic E-state index is 0.0279. The van der Waals surface area contributed by atoms with Crippen LogP contribution in [-0.4, -0.2) is 38.2 Å². The molecule has 1 aliphatic rings. The number of carbonyl (C=O) groups excluding carboxylic acids is 2. The highest BCUT2D eigenvalue weighted by atomic mass is 32.2. The molecule has 1 aliphatic heterocycles. The molecule has 1 saturated heterocycles. The summed E-state index contributed by atoms with van der Waals surface area (Å²) in [5, 5.41) is 2.95. The highest BCUT2D eigenvalue weighted by Crippen LogP contribution is 2.26. The van der Waals surface area contributed by atoms with E-state index in [9.17, 15) is 18.4 Å². The first-order chi connectivity index (χ1) is 13.6. The summed E-state index contributed by atoms with van der Waals surface area (Å²) in [7, 11) is 0. The molecule has 0 unspecified atom stereocenters. The predicted molar refractivity (Wildman–Crippen MR) is 117 cm³/mol. The number of nitrogens with zero attached hydrogens (tertiary/aromatic N) is 1. The molecular weight excluding hydrogens is 414 g/mol. The Bertz CT molecular complexity index is 771. The molecule has 0 spiro atoms. The Balaban J connectivity index is 2.04. The number of amides is 1. The van der Waals surface area contributed by atoms with Crippen LogP contribution in [0.3, 0.4) is 0 Å². The zero-order chi connectivity index (χ0) is 21.7. The van der Waals surface area contributed by atoms with E-state index in [1.807, 2.05) is 27.7 Å². The van der Waals surface area contributed by atoms with Crippen LogP contribution < -0.4 is 5.32 Å². The molecule has 0 bridgehead atoms. The number of halogens is 2. The van der Waals surface area contributed by atoms with Gasteiger partial charge in [-0.15, -0.1) is 0 Å². The van der Waals surface area contributed by atoms with E-state index in [0.29, 0.717) is 17.8 Å². The van der Waals surface area contributed by atoms with Gasteiger partial charge < -0.3 is 10.2 Å². The molecule has 1 amide bonds. The Morgan fingerprint density at radius 3 is 2.59 bits per heavy atom. The van der Waals surface area contributed by atoms with Gasteiger partial charge in [0.25, 0.3) is 0 Å². The smallest absolute Gasteiger partial charge is 0.222 e. The van der Waals surface area contributed by atoms with Crippen molar-refractivity contribution >= 4 is 40.0 Å². The van der Waals surface area contributed by atoms with Gasteiger partial charge in [0.2, 0.25) is 11.0 Å². The lowest BCUT2D eigenvalue weighted by Crippen LogP contribution is -2.45. The maximum atomic E-state index is 14.1. The second-order valence-corrected chi connectivity index (χ2v) is 9.96. The quantitative estimate of drug-likeness (QED) is 0.603. The van der Waals surface area contributed by atoms with E-state index in [0.717, 1.165) is 6.07 Å². The number of carbonyl (C=O) groups is 2. The minimum atomic E-state index is -0.900. The summed E-state index contributed by atoms with van der Waals surface area (Å²) in [5.74, 6) is -2.05. The standard InChI is InChI=1S/C21H28F2N2O2S2/c1-12(2)20(21(27)29-13(3)4)24-17(26)10-15-8-9-18(28)25(15)11-14-6-5-7-16(22)19(14)23/h5-7,12-13,15,20H,8-11H2,1-4H3,(H,24,26)/t15-,20-/m0/s1. The summed E-state index contributed by atoms with van der Waals surface area (Å²) in [4.78, 5) is 27.5. The van der Waals surface area contributed by atoms with E-state index in [2.05, 4.69) is 5.32 Å². The summed E-state index contributed by atoms with van der Waals surface area (Å²) in [5.41, 5.74) is 0.211. The highest BCUT2D eigenvalue weighted by molar-refractivity contribution is 8.14. The fourth-order valence-electron chi connectivity index (χ4n) is 3.33. The first kappa shape index (κ1) is 23.7. The summed E-state index contributed by atoms with van der Waals surface area (Å²) in [6, 6.07) is 3.29. The second kappa shape index (κ2) is 10.5. The Hall–Kier alpha value is -1.54. The fraction of sp³-hybridized carbons (Fsp3) is 0.571. The second-order valence-electron chi connectivity index (χ2n) is 7.91. The van der Waals surface area contributed by atoms with Crippen LogP contribution in [0.5, 0.6) is 0 Å². The van der Waals surface area contributed by atoms with Crippen LogP contribution in [0.25, 0.3) is 0 Å². The molecule has 29 heavy (non-hydrogen) atoms. The number of benzene rings is 1. The molecule has 160 valence electrons. The predicted octanol–water partition coefficient (Wildman–Crippen LogP) is 4.46. The van der Waals surface area contributed by atoms with Crippen molar-refractivity contribution in [3.05, 3.63) is 35.4 Å². The van der Waals surface area contributed by atoms with Gasteiger partial charge in [0.05, 0.1) is 4.99 Å². The molecule has 2 atom stereocenters. The Morgan fingerprint density at radius 1 is 1.28 bits per heavy atom. The summed E-state index contributed by atoms with van der Waals surface area (Å²) in [6.07, 6.45) is 1.45. The minimum Gasteiger partial charge on any atom is -0.358 e. The largest absolute Gasteiger partial charge is 0.358 e. The number of nitrogens with one attached hydrogen (secondary N) is 1. The van der Waals surface area contributed by atoms with E-state index in [1.165, 1.54) is 23.9 Å². The van der Waals surface area contributed by atoms with Crippen molar-refractivity contribution in [2.75, 3.05) is 0 Å². The molecule has 0 radical (unpaired) electrons. The summed E-state index contributed by atoms with van der Waals surface area (Å²) in [6.45, 7) is 7.78. The first-order valence-electron chi connectivity index (χ1n) is 9.82.